The molecule has 1 aliphatic heterocycles. The van der Waals surface area contributed by atoms with Gasteiger partial charge in [-0.1, -0.05) is 11.8 Å². The minimum atomic E-state index is -0.509. The van der Waals surface area contributed by atoms with Crippen LogP contribution in [-0.4, -0.2) is 24.2 Å². The van der Waals surface area contributed by atoms with Crippen molar-refractivity contribution in [1.82, 2.24) is 5.32 Å². The number of nitrogens with one attached hydrogen (secondary N) is 2. The second-order valence-electron chi connectivity index (χ2n) is 2.29. The van der Waals surface area contributed by atoms with Crippen LogP contribution in [0.15, 0.2) is 11.0 Å². The Hall–Kier alpha value is -1.30. The van der Waals surface area contributed by atoms with Crippen molar-refractivity contribution in [2.75, 3.05) is 7.11 Å². The Kier molecular flexibility index (Phi) is 3.07. The highest BCUT2D eigenvalue weighted by Gasteiger charge is 2.18. The molecule has 6 heteroatoms. The lowest BCUT2D eigenvalue weighted by molar-refractivity contribution is -0.134. The molecule has 0 bridgehead atoms. The van der Waals surface area contributed by atoms with Gasteiger partial charge in [-0.15, -0.1) is 0 Å². The zero-order valence-electron chi connectivity index (χ0n) is 6.92. The summed E-state index contributed by atoms with van der Waals surface area (Å²) < 4.78 is 4.39. The maximum Gasteiger partial charge on any atom is 0.331 e. The lowest BCUT2D eigenvalue weighted by Gasteiger charge is -2.14. The maximum absolute atomic E-state index is 10.9. The fourth-order valence-electron chi connectivity index (χ4n) is 0.793. The molecule has 0 unspecified atom stereocenters. The van der Waals surface area contributed by atoms with Gasteiger partial charge in [-0.25, -0.2) is 4.79 Å². The summed E-state index contributed by atoms with van der Waals surface area (Å²) in [5, 5.41) is 9.54. The number of carbonyl (C=O) groups is 2. The zero-order chi connectivity index (χ0) is 9.84. The average Bonchev–Trinajstić information content (AvgIpc) is 2.02. The summed E-state index contributed by atoms with van der Waals surface area (Å²) in [5.74, 6) is -0.788. The number of hydrogen-bond acceptors (Lipinski definition) is 5. The first-order valence-electron chi connectivity index (χ1n) is 3.46. The van der Waals surface area contributed by atoms with E-state index in [0.717, 1.165) is 11.8 Å². The van der Waals surface area contributed by atoms with Gasteiger partial charge in [-0.2, -0.15) is 0 Å². The molecule has 1 saturated heterocycles. The fourth-order valence-corrected chi connectivity index (χ4v) is 1.58. The van der Waals surface area contributed by atoms with Gasteiger partial charge in [0, 0.05) is 11.0 Å². The summed E-state index contributed by atoms with van der Waals surface area (Å²) in [6, 6.07) is 0. The number of ether oxygens (including phenoxy) is 1. The molecule has 0 aliphatic carbocycles. The van der Waals surface area contributed by atoms with Crippen LogP contribution in [0, 0.1) is 5.41 Å². The minimum absolute atomic E-state index is 0.0337. The molecule has 0 atom stereocenters. The average molecular weight is 200 g/mol. The van der Waals surface area contributed by atoms with Crippen molar-refractivity contribution in [3.8, 4) is 0 Å². The van der Waals surface area contributed by atoms with Crippen molar-refractivity contribution in [1.29, 1.82) is 5.41 Å². The van der Waals surface area contributed by atoms with Crippen LogP contribution in [0.3, 0.4) is 0 Å². The Labute approximate surface area is 79.0 Å². The lowest BCUT2D eigenvalue weighted by atomic mass is 10.3. The second kappa shape index (κ2) is 4.08. The predicted octanol–water partition coefficient (Wildman–Crippen LogP) is 0.231. The monoisotopic (exact) mass is 200 g/mol. The Morgan fingerprint density at radius 1 is 1.77 bits per heavy atom. The first-order chi connectivity index (χ1) is 6.11. The number of amides is 1. The number of rotatable bonds is 1. The number of carbonyl (C=O) groups excluding carboxylic acids is 2. The highest BCUT2D eigenvalue weighted by molar-refractivity contribution is 8.17. The smallest absolute Gasteiger partial charge is 0.331 e. The second-order valence-corrected chi connectivity index (χ2v) is 3.43. The van der Waals surface area contributed by atoms with E-state index < -0.39 is 5.97 Å². The molecule has 0 spiro atoms. The number of amidine groups is 1. The molecule has 0 aromatic heterocycles. The summed E-state index contributed by atoms with van der Waals surface area (Å²) in [4.78, 5) is 22.2. The van der Waals surface area contributed by atoms with Crippen LogP contribution in [0.1, 0.15) is 6.42 Å². The molecule has 0 saturated carbocycles. The summed E-state index contributed by atoms with van der Waals surface area (Å²) in [6.07, 6.45) is 1.35. The standard InChI is InChI=1S/C7H8N2O3S/c1-12-6(11)3-4-2-5(10)9-7(8)13-4/h3H,2H2,1H3,(H2,8,9,10). The number of esters is 1. The first kappa shape index (κ1) is 9.79. The number of methoxy groups -OCH3 is 1. The quantitative estimate of drug-likeness (QED) is 0.469. The lowest BCUT2D eigenvalue weighted by Crippen LogP contribution is -2.31. The molecule has 1 rings (SSSR count). The summed E-state index contributed by atoms with van der Waals surface area (Å²) >= 11 is 1.05. The van der Waals surface area contributed by atoms with Crippen LogP contribution in [0.2, 0.25) is 0 Å². The van der Waals surface area contributed by atoms with E-state index in [9.17, 15) is 9.59 Å². The molecular formula is C7H8N2O3S. The molecule has 70 valence electrons. The van der Waals surface area contributed by atoms with E-state index in [1.165, 1.54) is 13.2 Å². The van der Waals surface area contributed by atoms with Gasteiger partial charge in [0.2, 0.25) is 5.91 Å². The van der Waals surface area contributed by atoms with Gasteiger partial charge in [-0.05, 0) is 0 Å². The fraction of sp³-hybridized carbons (Fsp3) is 0.286. The van der Waals surface area contributed by atoms with E-state index >= 15 is 0 Å². The molecule has 0 radical (unpaired) electrons. The van der Waals surface area contributed by atoms with Crippen molar-refractivity contribution in [2.24, 2.45) is 0 Å². The third-order valence-electron chi connectivity index (χ3n) is 1.30. The minimum Gasteiger partial charge on any atom is -0.466 e. The largest absolute Gasteiger partial charge is 0.466 e. The van der Waals surface area contributed by atoms with Crippen LogP contribution < -0.4 is 5.32 Å². The summed E-state index contributed by atoms with van der Waals surface area (Å²) in [7, 11) is 1.26. The predicted molar refractivity (Wildman–Crippen MR) is 48.2 cm³/mol. The Morgan fingerprint density at radius 2 is 2.46 bits per heavy atom. The van der Waals surface area contributed by atoms with E-state index in [-0.39, 0.29) is 17.5 Å². The molecule has 0 aromatic rings. The van der Waals surface area contributed by atoms with Crippen molar-refractivity contribution in [3.63, 3.8) is 0 Å². The third kappa shape index (κ3) is 2.90. The van der Waals surface area contributed by atoms with E-state index in [2.05, 4.69) is 10.1 Å². The van der Waals surface area contributed by atoms with Crippen molar-refractivity contribution >= 4 is 28.8 Å². The van der Waals surface area contributed by atoms with Gasteiger partial charge in [0.15, 0.2) is 5.17 Å². The van der Waals surface area contributed by atoms with Crippen LogP contribution in [0.25, 0.3) is 0 Å². The van der Waals surface area contributed by atoms with Crippen LogP contribution in [0.4, 0.5) is 0 Å². The van der Waals surface area contributed by atoms with Gasteiger partial charge >= 0.3 is 5.97 Å². The van der Waals surface area contributed by atoms with E-state index in [4.69, 9.17) is 5.41 Å². The molecule has 1 amide bonds. The van der Waals surface area contributed by atoms with Crippen molar-refractivity contribution in [3.05, 3.63) is 11.0 Å². The third-order valence-corrected chi connectivity index (χ3v) is 2.13. The number of hydrogen-bond donors (Lipinski definition) is 2. The van der Waals surface area contributed by atoms with Gasteiger partial charge in [-0.3, -0.25) is 10.2 Å². The topological polar surface area (TPSA) is 79.2 Å². The zero-order valence-corrected chi connectivity index (χ0v) is 7.73. The molecule has 5 nitrogen and oxygen atoms in total. The van der Waals surface area contributed by atoms with E-state index in [1.807, 2.05) is 0 Å². The van der Waals surface area contributed by atoms with Crippen molar-refractivity contribution in [2.45, 2.75) is 6.42 Å². The van der Waals surface area contributed by atoms with Gasteiger partial charge in [0.1, 0.15) is 0 Å². The molecule has 0 aromatic carbocycles. The van der Waals surface area contributed by atoms with Gasteiger partial charge in [0.05, 0.1) is 13.5 Å². The normalized spacial score (nSPS) is 19.9. The van der Waals surface area contributed by atoms with E-state index in [0.29, 0.717) is 4.91 Å². The molecular weight excluding hydrogens is 192 g/mol. The highest BCUT2D eigenvalue weighted by atomic mass is 32.2. The molecule has 13 heavy (non-hydrogen) atoms. The van der Waals surface area contributed by atoms with Gasteiger partial charge in [0.25, 0.3) is 0 Å². The molecule has 1 fully saturated rings. The van der Waals surface area contributed by atoms with Crippen LogP contribution >= 0.6 is 11.8 Å². The Morgan fingerprint density at radius 3 is 3.00 bits per heavy atom. The summed E-state index contributed by atoms with van der Waals surface area (Å²) in [6.45, 7) is 0. The SMILES string of the molecule is COC(=O)C=C1CC(=O)NC(=N)S1. The molecule has 1 heterocycles. The maximum atomic E-state index is 10.9. The Bertz CT molecular complexity index is 280. The highest BCUT2D eigenvalue weighted by Crippen LogP contribution is 2.23. The van der Waals surface area contributed by atoms with Crippen LogP contribution in [0.5, 0.6) is 0 Å². The first-order valence-corrected chi connectivity index (χ1v) is 4.28. The van der Waals surface area contributed by atoms with E-state index in [1.54, 1.807) is 0 Å². The summed E-state index contributed by atoms with van der Waals surface area (Å²) in [5.41, 5.74) is 0. The van der Waals surface area contributed by atoms with Crippen molar-refractivity contribution < 1.29 is 14.3 Å². The van der Waals surface area contributed by atoms with Crippen LogP contribution in [-0.2, 0) is 14.3 Å². The molecule has 2 N–H and O–H groups in total. The Balaban J connectivity index is 2.70. The number of thioether (sulfide) groups is 1. The molecule has 1 aliphatic rings. The van der Waals surface area contributed by atoms with Gasteiger partial charge < -0.3 is 10.1 Å².